The molecular formula is C10H20Se4. The number of rotatable bonds is 0. The van der Waals surface area contributed by atoms with Gasteiger partial charge in [-0.1, -0.05) is 0 Å². The molecule has 1 rings (SSSR count). The predicted molar refractivity (Wildman–Crippen MR) is 70.7 cm³/mol. The molecule has 1 aliphatic rings. The second-order valence-corrected chi connectivity index (χ2v) is 13.4. The molecule has 1 fully saturated rings. The SMILES string of the molecule is C1C[Se]CC[Se]CCC[Se]CC[Se]C1. The minimum atomic E-state index is 1.02. The molecule has 14 heavy (non-hydrogen) atoms. The van der Waals surface area contributed by atoms with Gasteiger partial charge < -0.3 is 0 Å². The van der Waals surface area contributed by atoms with Gasteiger partial charge in [-0.2, -0.15) is 0 Å². The molecule has 1 heterocycles. The van der Waals surface area contributed by atoms with Crippen molar-refractivity contribution in [2.75, 3.05) is 0 Å². The summed E-state index contributed by atoms with van der Waals surface area (Å²) in [6.45, 7) is 0. The summed E-state index contributed by atoms with van der Waals surface area (Å²) in [6, 6.07) is 0. The minimum absolute atomic E-state index is 1.02. The van der Waals surface area contributed by atoms with E-state index in [1.54, 1.807) is 55.4 Å². The molecule has 0 N–H and O–H groups in total. The van der Waals surface area contributed by atoms with Crippen molar-refractivity contribution in [2.24, 2.45) is 0 Å². The summed E-state index contributed by atoms with van der Waals surface area (Å²) in [5.74, 6) is 0. The molecule has 0 spiro atoms. The molecule has 0 aromatic rings. The van der Waals surface area contributed by atoms with Gasteiger partial charge in [0.05, 0.1) is 0 Å². The molecule has 0 unspecified atom stereocenters. The van der Waals surface area contributed by atoms with Gasteiger partial charge in [0.1, 0.15) is 0 Å². The molecular weight excluding hydrogens is 436 g/mol. The van der Waals surface area contributed by atoms with Crippen LogP contribution in [0.3, 0.4) is 0 Å². The van der Waals surface area contributed by atoms with Crippen LogP contribution in [0, 0.1) is 0 Å². The van der Waals surface area contributed by atoms with Crippen molar-refractivity contribution in [1.29, 1.82) is 0 Å². The number of hydrogen-bond donors (Lipinski definition) is 0. The summed E-state index contributed by atoms with van der Waals surface area (Å²) in [5.41, 5.74) is 0. The molecule has 0 bridgehead atoms. The Balaban J connectivity index is 2.00. The van der Waals surface area contributed by atoms with E-state index >= 15 is 0 Å². The van der Waals surface area contributed by atoms with Gasteiger partial charge >= 0.3 is 115 Å². The third-order valence-electron chi connectivity index (χ3n) is 1.90. The van der Waals surface area contributed by atoms with Gasteiger partial charge in [0.2, 0.25) is 0 Å². The van der Waals surface area contributed by atoms with Crippen LogP contribution in [0.5, 0.6) is 0 Å². The second kappa shape index (κ2) is 11.6. The summed E-state index contributed by atoms with van der Waals surface area (Å²) in [4.78, 5) is 0. The molecule has 0 aliphatic carbocycles. The fraction of sp³-hybridized carbons (Fsp3) is 1.00. The van der Waals surface area contributed by atoms with Crippen LogP contribution in [0.25, 0.3) is 0 Å². The van der Waals surface area contributed by atoms with Crippen molar-refractivity contribution >= 4 is 59.8 Å². The van der Waals surface area contributed by atoms with Gasteiger partial charge in [0, 0.05) is 0 Å². The normalized spacial score (nSPS) is 24.0. The van der Waals surface area contributed by atoms with E-state index in [9.17, 15) is 0 Å². The van der Waals surface area contributed by atoms with Crippen molar-refractivity contribution < 1.29 is 0 Å². The predicted octanol–water partition coefficient (Wildman–Crippen LogP) is 2.94. The summed E-state index contributed by atoms with van der Waals surface area (Å²) in [5, 5.41) is 12.8. The molecule has 84 valence electrons. The summed E-state index contributed by atoms with van der Waals surface area (Å²) in [7, 11) is 0. The van der Waals surface area contributed by atoms with Gasteiger partial charge in [-0.3, -0.25) is 0 Å². The van der Waals surface area contributed by atoms with Crippen molar-refractivity contribution in [1.82, 2.24) is 0 Å². The van der Waals surface area contributed by atoms with E-state index in [0.29, 0.717) is 0 Å². The standard InChI is InChI=1S/C10H20Se4/c1-3-11-7-9-13-5-2-6-14-10-8-12-4-1/h1-10H2. The number of hydrogen-bond acceptors (Lipinski definition) is 0. The van der Waals surface area contributed by atoms with E-state index in [1.165, 1.54) is 0 Å². The zero-order chi connectivity index (χ0) is 9.90. The molecule has 0 aromatic carbocycles. The Morgan fingerprint density at radius 2 is 0.643 bits per heavy atom. The first kappa shape index (κ1) is 14.1. The van der Waals surface area contributed by atoms with E-state index < -0.39 is 0 Å². The van der Waals surface area contributed by atoms with Crippen LogP contribution in [0.1, 0.15) is 12.8 Å². The molecule has 4 heteroatoms. The first-order valence-electron chi connectivity index (χ1n) is 5.31. The average molecular weight is 456 g/mol. The fourth-order valence-electron chi connectivity index (χ4n) is 1.17. The molecule has 0 saturated carbocycles. The topological polar surface area (TPSA) is 0 Å². The fourth-order valence-corrected chi connectivity index (χ4v) is 13.8. The molecule has 0 aromatic heterocycles. The third-order valence-corrected chi connectivity index (χ3v) is 13.5. The Hall–Kier alpha value is 2.08. The van der Waals surface area contributed by atoms with Crippen LogP contribution < -0.4 is 0 Å². The average Bonchev–Trinajstić information content (AvgIpc) is 2.22. The monoisotopic (exact) mass is 460 g/mol. The molecule has 0 nitrogen and oxygen atoms in total. The van der Waals surface area contributed by atoms with Crippen LogP contribution in [0.15, 0.2) is 0 Å². The first-order valence-corrected chi connectivity index (χ1v) is 15.0. The van der Waals surface area contributed by atoms with E-state index in [0.717, 1.165) is 59.8 Å². The molecule has 1 aliphatic heterocycles. The van der Waals surface area contributed by atoms with Crippen LogP contribution in [0.4, 0.5) is 0 Å². The zero-order valence-corrected chi connectivity index (χ0v) is 15.6. The van der Waals surface area contributed by atoms with Crippen LogP contribution >= 0.6 is 0 Å². The molecule has 0 radical (unpaired) electrons. The summed E-state index contributed by atoms with van der Waals surface area (Å²) >= 11 is 4.08. The van der Waals surface area contributed by atoms with Crippen molar-refractivity contribution in [3.8, 4) is 0 Å². The van der Waals surface area contributed by atoms with Crippen LogP contribution in [-0.4, -0.2) is 59.8 Å². The van der Waals surface area contributed by atoms with Gasteiger partial charge in [-0.25, -0.2) is 0 Å². The van der Waals surface area contributed by atoms with Crippen molar-refractivity contribution in [3.05, 3.63) is 0 Å². The third kappa shape index (κ3) is 9.31. The summed E-state index contributed by atoms with van der Waals surface area (Å²) < 4.78 is 0. The second-order valence-electron chi connectivity index (χ2n) is 3.16. The Labute approximate surface area is 114 Å². The van der Waals surface area contributed by atoms with Gasteiger partial charge in [-0.05, 0) is 0 Å². The quantitative estimate of drug-likeness (QED) is 0.493. The maximum atomic E-state index is 1.60. The van der Waals surface area contributed by atoms with E-state index in [4.69, 9.17) is 0 Å². The van der Waals surface area contributed by atoms with Crippen molar-refractivity contribution in [3.63, 3.8) is 0 Å². The summed E-state index contributed by atoms with van der Waals surface area (Å²) in [6.07, 6.45) is 3.14. The van der Waals surface area contributed by atoms with E-state index in [1.807, 2.05) is 0 Å². The Morgan fingerprint density at radius 1 is 0.357 bits per heavy atom. The molecule has 1 saturated heterocycles. The molecule has 0 amide bonds. The van der Waals surface area contributed by atoms with E-state index in [-0.39, 0.29) is 0 Å². The Bertz CT molecular complexity index is 65.4. The molecule has 0 atom stereocenters. The maximum absolute atomic E-state index is 1.60. The Kier molecular flexibility index (Phi) is 11.7. The first-order chi connectivity index (χ1) is 7.00. The van der Waals surface area contributed by atoms with Gasteiger partial charge in [-0.15, -0.1) is 0 Å². The van der Waals surface area contributed by atoms with E-state index in [2.05, 4.69) is 0 Å². The van der Waals surface area contributed by atoms with Crippen molar-refractivity contribution in [2.45, 2.75) is 55.4 Å². The zero-order valence-electron chi connectivity index (χ0n) is 8.70. The van der Waals surface area contributed by atoms with Crippen LogP contribution in [0.2, 0.25) is 42.6 Å². The van der Waals surface area contributed by atoms with Gasteiger partial charge in [0.15, 0.2) is 0 Å². The van der Waals surface area contributed by atoms with Gasteiger partial charge in [0.25, 0.3) is 0 Å². The van der Waals surface area contributed by atoms with Crippen LogP contribution in [-0.2, 0) is 0 Å². The Morgan fingerprint density at radius 3 is 0.929 bits per heavy atom.